The van der Waals surface area contributed by atoms with E-state index < -0.39 is 40.0 Å². The molecule has 0 bridgehead atoms. The minimum Gasteiger partial charge on any atom is -0.335 e. The Hall–Kier alpha value is -1.77. The molecule has 1 aliphatic carbocycles. The summed E-state index contributed by atoms with van der Waals surface area (Å²) in [4.78, 5) is 12.3. The van der Waals surface area contributed by atoms with Crippen LogP contribution in [-0.4, -0.2) is 32.9 Å². The van der Waals surface area contributed by atoms with Crippen molar-refractivity contribution >= 4 is 15.9 Å². The maximum atomic E-state index is 13.1. The van der Waals surface area contributed by atoms with Gasteiger partial charge >= 0.3 is 12.2 Å². The molecule has 0 spiro atoms. The van der Waals surface area contributed by atoms with Gasteiger partial charge in [-0.05, 0) is 37.5 Å². The van der Waals surface area contributed by atoms with Crippen molar-refractivity contribution in [2.75, 3.05) is 6.26 Å². The van der Waals surface area contributed by atoms with Crippen LogP contribution in [-0.2, 0) is 9.84 Å². The highest BCUT2D eigenvalue weighted by atomic mass is 32.2. The molecule has 2 rings (SSSR count). The first kappa shape index (κ1) is 20.5. The van der Waals surface area contributed by atoms with Crippen LogP contribution < -0.4 is 10.6 Å². The second-order valence-electron chi connectivity index (χ2n) is 6.72. The molecule has 0 aromatic heterocycles. The van der Waals surface area contributed by atoms with E-state index in [9.17, 15) is 26.4 Å². The van der Waals surface area contributed by atoms with E-state index in [0.29, 0.717) is 24.8 Å². The summed E-state index contributed by atoms with van der Waals surface area (Å²) >= 11 is 0. The van der Waals surface area contributed by atoms with E-state index in [1.807, 2.05) is 0 Å². The number of benzene rings is 1. The zero-order valence-electron chi connectivity index (χ0n) is 14.6. The smallest absolute Gasteiger partial charge is 0.335 e. The van der Waals surface area contributed by atoms with Crippen LogP contribution in [0, 0.1) is 5.92 Å². The molecule has 2 N–H and O–H groups in total. The van der Waals surface area contributed by atoms with Crippen molar-refractivity contribution in [1.82, 2.24) is 10.6 Å². The van der Waals surface area contributed by atoms with Crippen molar-refractivity contribution in [3.8, 4) is 0 Å². The fraction of sp³-hybridized carbons (Fsp3) is 0.588. The maximum Gasteiger partial charge on any atom is 0.393 e. The number of urea groups is 1. The largest absolute Gasteiger partial charge is 0.393 e. The van der Waals surface area contributed by atoms with Crippen molar-refractivity contribution in [1.29, 1.82) is 0 Å². The number of carbonyl (C=O) groups excluding carboxylic acids is 1. The Bertz CT molecular complexity index is 733. The predicted octanol–water partition coefficient (Wildman–Crippen LogP) is 3.57. The van der Waals surface area contributed by atoms with Gasteiger partial charge in [-0.25, -0.2) is 13.2 Å². The molecule has 3 atom stereocenters. The van der Waals surface area contributed by atoms with Crippen molar-refractivity contribution < 1.29 is 26.4 Å². The Morgan fingerprint density at radius 3 is 2.27 bits per heavy atom. The van der Waals surface area contributed by atoms with Crippen LogP contribution in [0.2, 0.25) is 0 Å². The number of rotatable bonds is 4. The Morgan fingerprint density at radius 2 is 1.73 bits per heavy atom. The van der Waals surface area contributed by atoms with Gasteiger partial charge in [0.1, 0.15) is 0 Å². The average molecular weight is 392 g/mol. The van der Waals surface area contributed by atoms with Gasteiger partial charge in [-0.15, -0.1) is 0 Å². The summed E-state index contributed by atoms with van der Waals surface area (Å²) < 4.78 is 62.2. The summed E-state index contributed by atoms with van der Waals surface area (Å²) in [6, 6.07) is 3.94. The molecule has 1 saturated carbocycles. The van der Waals surface area contributed by atoms with Crippen molar-refractivity contribution in [2.24, 2.45) is 5.92 Å². The first-order valence-corrected chi connectivity index (χ1v) is 10.3. The van der Waals surface area contributed by atoms with Gasteiger partial charge < -0.3 is 10.6 Å². The quantitative estimate of drug-likeness (QED) is 0.823. The van der Waals surface area contributed by atoms with E-state index in [0.717, 1.165) is 6.26 Å². The van der Waals surface area contributed by atoms with Gasteiger partial charge in [0.2, 0.25) is 0 Å². The van der Waals surface area contributed by atoms with E-state index in [-0.39, 0.29) is 11.3 Å². The summed E-state index contributed by atoms with van der Waals surface area (Å²) in [6.45, 7) is 1.68. The Balaban J connectivity index is 1.98. The molecular formula is C17H23F3N2O3S. The number of carbonyl (C=O) groups is 1. The Kier molecular flexibility index (Phi) is 6.21. The molecule has 0 unspecified atom stereocenters. The van der Waals surface area contributed by atoms with Gasteiger partial charge in [-0.3, -0.25) is 0 Å². The first-order chi connectivity index (χ1) is 12.0. The van der Waals surface area contributed by atoms with E-state index in [4.69, 9.17) is 0 Å². The number of hydrogen-bond donors (Lipinski definition) is 2. The van der Waals surface area contributed by atoms with Gasteiger partial charge in [0, 0.05) is 12.3 Å². The third-order valence-corrected chi connectivity index (χ3v) is 5.79. The molecule has 2 amide bonds. The molecule has 9 heteroatoms. The molecule has 1 aromatic rings. The van der Waals surface area contributed by atoms with Crippen LogP contribution in [0.25, 0.3) is 0 Å². The second-order valence-corrected chi connectivity index (χ2v) is 8.74. The zero-order valence-corrected chi connectivity index (χ0v) is 15.5. The number of nitrogens with one attached hydrogen (secondary N) is 2. The number of sulfone groups is 1. The van der Waals surface area contributed by atoms with E-state index in [2.05, 4.69) is 10.6 Å². The number of halogens is 3. The van der Waals surface area contributed by atoms with E-state index in [1.54, 1.807) is 19.1 Å². The molecular weight excluding hydrogens is 369 g/mol. The number of amides is 2. The van der Waals surface area contributed by atoms with Gasteiger partial charge in [0.15, 0.2) is 9.84 Å². The summed E-state index contributed by atoms with van der Waals surface area (Å²) in [7, 11) is -3.31. The molecule has 26 heavy (non-hydrogen) atoms. The van der Waals surface area contributed by atoms with Gasteiger partial charge in [-0.1, -0.05) is 25.0 Å². The molecule has 0 heterocycles. The van der Waals surface area contributed by atoms with E-state index >= 15 is 0 Å². The molecule has 0 aliphatic heterocycles. The lowest BCUT2D eigenvalue weighted by atomic mass is 9.84. The van der Waals surface area contributed by atoms with Crippen molar-refractivity contribution in [3.63, 3.8) is 0 Å². The Morgan fingerprint density at radius 1 is 1.15 bits per heavy atom. The van der Waals surface area contributed by atoms with Crippen LogP contribution in [0.5, 0.6) is 0 Å². The molecule has 1 fully saturated rings. The summed E-state index contributed by atoms with van der Waals surface area (Å²) in [5.74, 6) is -1.52. The normalized spacial score (nSPS) is 22.5. The minimum atomic E-state index is -4.33. The monoisotopic (exact) mass is 392 g/mol. The summed E-state index contributed by atoms with van der Waals surface area (Å²) in [5, 5.41) is 5.05. The standard InChI is InChI=1S/C17H23F3N2O3S/c1-11(12-7-9-13(10-8-12)26(2,24)25)21-16(23)22-15-6-4-3-5-14(15)17(18,19)20/h7-11,14-15H,3-6H2,1-2H3,(H2,21,22,23)/t11-,14+,15-/m0/s1. The minimum absolute atomic E-state index is 0.0248. The highest BCUT2D eigenvalue weighted by molar-refractivity contribution is 7.90. The van der Waals surface area contributed by atoms with Crippen molar-refractivity contribution in [2.45, 2.75) is 55.8 Å². The van der Waals surface area contributed by atoms with Crippen molar-refractivity contribution in [3.05, 3.63) is 29.8 Å². The molecule has 146 valence electrons. The highest BCUT2D eigenvalue weighted by Gasteiger charge is 2.46. The lowest BCUT2D eigenvalue weighted by Gasteiger charge is -2.33. The number of alkyl halides is 3. The lowest BCUT2D eigenvalue weighted by molar-refractivity contribution is -0.187. The number of hydrogen-bond acceptors (Lipinski definition) is 3. The van der Waals surface area contributed by atoms with Crippen LogP contribution >= 0.6 is 0 Å². The van der Waals surface area contributed by atoms with E-state index in [1.165, 1.54) is 12.1 Å². The lowest BCUT2D eigenvalue weighted by Crippen LogP contribution is -2.51. The highest BCUT2D eigenvalue weighted by Crippen LogP contribution is 2.37. The first-order valence-electron chi connectivity index (χ1n) is 8.42. The van der Waals surface area contributed by atoms with Gasteiger partial charge in [-0.2, -0.15) is 13.2 Å². The average Bonchev–Trinajstić information content (AvgIpc) is 2.53. The van der Waals surface area contributed by atoms with Crippen LogP contribution in [0.15, 0.2) is 29.2 Å². The van der Waals surface area contributed by atoms with Crippen LogP contribution in [0.4, 0.5) is 18.0 Å². The SMILES string of the molecule is C[C@H](NC(=O)N[C@H]1CCCC[C@H]1C(F)(F)F)c1ccc(S(C)(=O)=O)cc1. The van der Waals surface area contributed by atoms with Crippen LogP contribution in [0.1, 0.15) is 44.2 Å². The maximum absolute atomic E-state index is 13.1. The second kappa shape index (κ2) is 7.85. The topological polar surface area (TPSA) is 75.3 Å². The fourth-order valence-electron chi connectivity index (χ4n) is 3.19. The van der Waals surface area contributed by atoms with Crippen LogP contribution in [0.3, 0.4) is 0 Å². The predicted molar refractivity (Wildman–Crippen MR) is 91.4 cm³/mol. The third kappa shape index (κ3) is 5.36. The summed E-state index contributed by atoms with van der Waals surface area (Å²) in [5.41, 5.74) is 0.656. The molecule has 1 aliphatic rings. The molecule has 0 saturated heterocycles. The zero-order chi connectivity index (χ0) is 19.5. The Labute approximate surface area is 151 Å². The third-order valence-electron chi connectivity index (χ3n) is 4.66. The summed E-state index contributed by atoms with van der Waals surface area (Å²) in [6.07, 6.45) is -1.75. The van der Waals surface area contributed by atoms with Gasteiger partial charge in [0.25, 0.3) is 0 Å². The molecule has 0 radical (unpaired) electrons. The molecule has 1 aromatic carbocycles. The molecule has 5 nitrogen and oxygen atoms in total. The van der Waals surface area contributed by atoms with Gasteiger partial charge in [0.05, 0.1) is 16.9 Å². The fourth-order valence-corrected chi connectivity index (χ4v) is 3.82.